The van der Waals surface area contributed by atoms with E-state index in [1.165, 1.54) is 0 Å². The second-order valence-electron chi connectivity index (χ2n) is 5.98. The maximum absolute atomic E-state index is 11.7. The van der Waals surface area contributed by atoms with E-state index in [4.69, 9.17) is 5.73 Å². The predicted molar refractivity (Wildman–Crippen MR) is 82.6 cm³/mol. The monoisotopic (exact) mass is 298 g/mol. The molecule has 20 heavy (non-hydrogen) atoms. The Hall–Kier alpha value is -1.01. The normalized spacial score (nSPS) is 11.6. The summed E-state index contributed by atoms with van der Waals surface area (Å²) in [4.78, 5) is 11.7. The highest BCUT2D eigenvalue weighted by Crippen LogP contribution is 2.25. The fourth-order valence-corrected chi connectivity index (χ4v) is 2.51. The van der Waals surface area contributed by atoms with Crippen LogP contribution in [0.25, 0.3) is 0 Å². The summed E-state index contributed by atoms with van der Waals surface area (Å²) in [6.07, 6.45) is 4.72. The number of carbonyl (C=O) groups excluding carboxylic acids is 1. The summed E-state index contributed by atoms with van der Waals surface area (Å²) in [6.45, 7) is 7.54. The Kier molecular flexibility index (Phi) is 7.09. The van der Waals surface area contributed by atoms with E-state index in [-0.39, 0.29) is 11.3 Å². The molecule has 5 nitrogen and oxygen atoms in total. The van der Waals surface area contributed by atoms with Gasteiger partial charge in [-0.15, -0.1) is 10.2 Å². The number of rotatable bonds is 8. The van der Waals surface area contributed by atoms with Crippen molar-refractivity contribution in [1.29, 1.82) is 0 Å². The molecule has 3 N–H and O–H groups in total. The van der Waals surface area contributed by atoms with Gasteiger partial charge in [0.15, 0.2) is 0 Å². The lowest BCUT2D eigenvalue weighted by Gasteiger charge is -2.12. The zero-order valence-corrected chi connectivity index (χ0v) is 13.6. The molecule has 0 aromatic carbocycles. The molecule has 1 amide bonds. The molecule has 0 aliphatic heterocycles. The van der Waals surface area contributed by atoms with Crippen molar-refractivity contribution < 1.29 is 4.79 Å². The summed E-state index contributed by atoms with van der Waals surface area (Å²) in [5, 5.41) is 13.1. The van der Waals surface area contributed by atoms with Crippen LogP contribution in [0, 0.1) is 0 Å². The van der Waals surface area contributed by atoms with Gasteiger partial charge in [-0.05, 0) is 19.4 Å². The van der Waals surface area contributed by atoms with E-state index < -0.39 is 0 Å². The first-order valence-corrected chi connectivity index (χ1v) is 8.04. The molecule has 0 spiro atoms. The third kappa shape index (κ3) is 6.43. The average Bonchev–Trinajstić information content (AvgIpc) is 2.85. The van der Waals surface area contributed by atoms with Crippen molar-refractivity contribution in [2.75, 3.05) is 6.54 Å². The van der Waals surface area contributed by atoms with E-state index in [2.05, 4.69) is 36.3 Å². The molecule has 0 saturated carbocycles. The van der Waals surface area contributed by atoms with Gasteiger partial charge in [0.25, 0.3) is 0 Å². The van der Waals surface area contributed by atoms with E-state index in [1.807, 2.05) is 0 Å². The molecule has 0 atom stereocenters. The molecular formula is C14H26N4OS. The molecule has 0 fully saturated rings. The van der Waals surface area contributed by atoms with Crippen molar-refractivity contribution in [2.24, 2.45) is 5.73 Å². The van der Waals surface area contributed by atoms with Crippen molar-refractivity contribution in [1.82, 2.24) is 15.5 Å². The van der Waals surface area contributed by atoms with Crippen LogP contribution in [0.2, 0.25) is 0 Å². The maximum atomic E-state index is 11.7. The van der Waals surface area contributed by atoms with Gasteiger partial charge in [-0.1, -0.05) is 44.9 Å². The third-order valence-electron chi connectivity index (χ3n) is 2.90. The van der Waals surface area contributed by atoms with Gasteiger partial charge < -0.3 is 11.1 Å². The lowest BCUT2D eigenvalue weighted by Crippen LogP contribution is -2.22. The minimum Gasteiger partial charge on any atom is -0.350 e. The van der Waals surface area contributed by atoms with Crippen molar-refractivity contribution >= 4 is 17.2 Å². The van der Waals surface area contributed by atoms with E-state index in [9.17, 15) is 4.79 Å². The number of amides is 1. The number of nitrogens with zero attached hydrogens (tertiary/aromatic N) is 2. The molecule has 1 aromatic rings. The largest absolute Gasteiger partial charge is 0.350 e. The second kappa shape index (κ2) is 8.32. The molecule has 0 radical (unpaired) electrons. The number of unbranched alkanes of at least 4 members (excludes halogenated alkanes) is 3. The number of aromatic nitrogens is 2. The van der Waals surface area contributed by atoms with E-state index in [0.29, 0.717) is 13.0 Å². The Morgan fingerprint density at radius 1 is 1.20 bits per heavy atom. The van der Waals surface area contributed by atoms with Crippen LogP contribution >= 0.6 is 11.3 Å². The summed E-state index contributed by atoms with van der Waals surface area (Å²) in [7, 11) is 0. The van der Waals surface area contributed by atoms with Crippen LogP contribution in [0.15, 0.2) is 0 Å². The number of hydrogen-bond donors (Lipinski definition) is 2. The van der Waals surface area contributed by atoms with Gasteiger partial charge in [0.2, 0.25) is 5.91 Å². The Bertz CT molecular complexity index is 412. The lowest BCUT2D eigenvalue weighted by molar-refractivity contribution is -0.121. The van der Waals surface area contributed by atoms with Crippen LogP contribution in [0.3, 0.4) is 0 Å². The summed E-state index contributed by atoms with van der Waals surface area (Å²) < 4.78 is 0. The zero-order valence-electron chi connectivity index (χ0n) is 12.7. The van der Waals surface area contributed by atoms with Crippen molar-refractivity contribution in [2.45, 2.75) is 64.8 Å². The standard InChI is InChI=1S/C14H26N4OS/c1-14(2,3)13-18-17-12(20-13)10-16-11(19)8-6-4-5-7-9-15/h4-10,15H2,1-3H3,(H,16,19). The first kappa shape index (κ1) is 17.0. The van der Waals surface area contributed by atoms with Gasteiger partial charge in [-0.3, -0.25) is 4.79 Å². The smallest absolute Gasteiger partial charge is 0.220 e. The lowest BCUT2D eigenvalue weighted by atomic mass is 9.98. The summed E-state index contributed by atoms with van der Waals surface area (Å²) in [5.74, 6) is 0.0882. The van der Waals surface area contributed by atoms with Gasteiger partial charge >= 0.3 is 0 Å². The van der Waals surface area contributed by atoms with Gasteiger partial charge in [0.05, 0.1) is 6.54 Å². The van der Waals surface area contributed by atoms with E-state index in [0.717, 1.165) is 42.2 Å². The van der Waals surface area contributed by atoms with Gasteiger partial charge in [-0.25, -0.2) is 0 Å². The Morgan fingerprint density at radius 2 is 1.90 bits per heavy atom. The fraction of sp³-hybridized carbons (Fsp3) is 0.786. The molecule has 0 saturated heterocycles. The molecule has 1 heterocycles. The zero-order chi connectivity index (χ0) is 15.0. The minimum atomic E-state index is 0.0168. The molecule has 114 valence electrons. The van der Waals surface area contributed by atoms with Gasteiger partial charge in [0, 0.05) is 11.8 Å². The third-order valence-corrected chi connectivity index (χ3v) is 4.25. The number of nitrogens with two attached hydrogens (primary N) is 1. The fourth-order valence-electron chi connectivity index (χ4n) is 1.67. The van der Waals surface area contributed by atoms with Crippen LogP contribution in [-0.4, -0.2) is 22.6 Å². The molecule has 0 aliphatic carbocycles. The first-order valence-electron chi connectivity index (χ1n) is 7.23. The Morgan fingerprint density at radius 3 is 2.50 bits per heavy atom. The molecular weight excluding hydrogens is 272 g/mol. The van der Waals surface area contributed by atoms with Crippen LogP contribution in [0.1, 0.15) is 62.9 Å². The average molecular weight is 298 g/mol. The minimum absolute atomic E-state index is 0.0168. The van der Waals surface area contributed by atoms with E-state index in [1.54, 1.807) is 11.3 Å². The Labute approximate surface area is 125 Å². The molecule has 0 unspecified atom stereocenters. The highest BCUT2D eigenvalue weighted by molar-refractivity contribution is 7.11. The SMILES string of the molecule is CC(C)(C)c1nnc(CNC(=O)CCCCCCN)s1. The summed E-state index contributed by atoms with van der Waals surface area (Å²) in [5.41, 5.74) is 5.44. The van der Waals surface area contributed by atoms with Crippen LogP contribution in [-0.2, 0) is 16.8 Å². The molecule has 0 aliphatic rings. The molecule has 0 bridgehead atoms. The van der Waals surface area contributed by atoms with Crippen LogP contribution in [0.4, 0.5) is 0 Å². The topological polar surface area (TPSA) is 80.9 Å². The molecule has 1 rings (SSSR count). The van der Waals surface area contributed by atoms with Crippen LogP contribution < -0.4 is 11.1 Å². The first-order chi connectivity index (χ1) is 9.43. The number of carbonyl (C=O) groups is 1. The van der Waals surface area contributed by atoms with Crippen molar-refractivity contribution in [3.63, 3.8) is 0 Å². The molecule has 6 heteroatoms. The molecule has 1 aromatic heterocycles. The highest BCUT2D eigenvalue weighted by Gasteiger charge is 2.19. The summed E-state index contributed by atoms with van der Waals surface area (Å²) >= 11 is 1.57. The summed E-state index contributed by atoms with van der Waals surface area (Å²) in [6, 6.07) is 0. The maximum Gasteiger partial charge on any atom is 0.220 e. The number of nitrogens with one attached hydrogen (secondary N) is 1. The second-order valence-corrected chi connectivity index (χ2v) is 7.04. The Balaban J connectivity index is 2.22. The highest BCUT2D eigenvalue weighted by atomic mass is 32.1. The van der Waals surface area contributed by atoms with Gasteiger partial charge in [0.1, 0.15) is 10.0 Å². The van der Waals surface area contributed by atoms with Crippen molar-refractivity contribution in [3.05, 3.63) is 10.0 Å². The number of hydrogen-bond acceptors (Lipinski definition) is 5. The predicted octanol–water partition coefficient (Wildman–Crippen LogP) is 2.36. The van der Waals surface area contributed by atoms with Crippen molar-refractivity contribution in [3.8, 4) is 0 Å². The van der Waals surface area contributed by atoms with Gasteiger partial charge in [-0.2, -0.15) is 0 Å². The van der Waals surface area contributed by atoms with E-state index >= 15 is 0 Å². The quantitative estimate of drug-likeness (QED) is 0.722. The van der Waals surface area contributed by atoms with Crippen LogP contribution in [0.5, 0.6) is 0 Å².